The van der Waals surface area contributed by atoms with Gasteiger partial charge >= 0.3 is 5.97 Å². The Kier molecular flexibility index (Phi) is 4.51. The van der Waals surface area contributed by atoms with Crippen molar-refractivity contribution in [1.82, 2.24) is 4.90 Å². The molecule has 3 rings (SSSR count). The van der Waals surface area contributed by atoms with E-state index in [1.54, 1.807) is 0 Å². The fourth-order valence-electron chi connectivity index (χ4n) is 3.52. The van der Waals surface area contributed by atoms with Gasteiger partial charge in [-0.3, -0.25) is 19.3 Å². The monoisotopic (exact) mass is 327 g/mol. The number of allylic oxidation sites excluding steroid dienone is 2. The average Bonchev–Trinajstić information content (AvgIpc) is 2.78. The molecule has 1 aromatic carbocycles. The third-order valence-corrected chi connectivity index (χ3v) is 4.57. The van der Waals surface area contributed by atoms with Crippen LogP contribution in [0, 0.1) is 25.7 Å². The van der Waals surface area contributed by atoms with E-state index >= 15 is 0 Å². The highest BCUT2D eigenvalue weighted by Gasteiger charge is 2.47. The Bertz CT molecular complexity index is 676. The Morgan fingerprint density at radius 3 is 2.12 bits per heavy atom. The molecule has 5 nitrogen and oxygen atoms in total. The van der Waals surface area contributed by atoms with E-state index < -0.39 is 5.97 Å². The summed E-state index contributed by atoms with van der Waals surface area (Å²) in [5.41, 5.74) is 3.10. The van der Waals surface area contributed by atoms with Crippen molar-refractivity contribution in [1.29, 1.82) is 0 Å². The summed E-state index contributed by atoms with van der Waals surface area (Å²) in [4.78, 5) is 37.7. The summed E-state index contributed by atoms with van der Waals surface area (Å²) in [5.74, 6) is -1.68. The van der Waals surface area contributed by atoms with Crippen LogP contribution in [0.2, 0.25) is 0 Å². The second-order valence-corrected chi connectivity index (χ2v) is 6.58. The smallest absolute Gasteiger partial charge is 0.326 e. The number of esters is 1. The van der Waals surface area contributed by atoms with Crippen LogP contribution in [0.25, 0.3) is 0 Å². The number of rotatable bonds is 4. The number of nitrogens with zero attached hydrogens (tertiary/aromatic N) is 1. The largest absolute Gasteiger partial charge is 0.459 e. The summed E-state index contributed by atoms with van der Waals surface area (Å²) < 4.78 is 5.25. The van der Waals surface area contributed by atoms with Gasteiger partial charge in [0.25, 0.3) is 0 Å². The topological polar surface area (TPSA) is 63.7 Å². The van der Waals surface area contributed by atoms with Crippen molar-refractivity contribution in [2.45, 2.75) is 33.3 Å². The van der Waals surface area contributed by atoms with Crippen molar-refractivity contribution in [2.75, 3.05) is 6.54 Å². The van der Waals surface area contributed by atoms with Gasteiger partial charge in [0.1, 0.15) is 13.2 Å². The van der Waals surface area contributed by atoms with Crippen LogP contribution in [0.5, 0.6) is 0 Å². The molecule has 0 saturated carbocycles. The lowest BCUT2D eigenvalue weighted by Crippen LogP contribution is -2.36. The summed E-state index contributed by atoms with van der Waals surface area (Å²) in [6.07, 6.45) is 5.00. The van der Waals surface area contributed by atoms with Crippen molar-refractivity contribution in [3.8, 4) is 0 Å². The molecule has 5 heteroatoms. The minimum Gasteiger partial charge on any atom is -0.459 e. The molecule has 0 N–H and O–H groups in total. The van der Waals surface area contributed by atoms with Crippen LogP contribution in [0.3, 0.4) is 0 Å². The molecule has 0 aromatic heterocycles. The molecule has 2 amide bonds. The zero-order chi connectivity index (χ0) is 17.3. The van der Waals surface area contributed by atoms with E-state index in [1.165, 1.54) is 0 Å². The number of likely N-dealkylation sites (tertiary alicyclic amines) is 1. The summed E-state index contributed by atoms with van der Waals surface area (Å²) in [7, 11) is 0. The second-order valence-electron chi connectivity index (χ2n) is 6.58. The Morgan fingerprint density at radius 2 is 1.58 bits per heavy atom. The zero-order valence-electron chi connectivity index (χ0n) is 14.0. The van der Waals surface area contributed by atoms with Gasteiger partial charge in [-0.25, -0.2) is 0 Å². The van der Waals surface area contributed by atoms with E-state index in [2.05, 4.69) is 0 Å². The molecule has 1 aliphatic heterocycles. The van der Waals surface area contributed by atoms with Crippen molar-refractivity contribution in [2.24, 2.45) is 11.8 Å². The van der Waals surface area contributed by atoms with Gasteiger partial charge in [0.05, 0.1) is 11.8 Å². The van der Waals surface area contributed by atoms with Gasteiger partial charge in [-0.15, -0.1) is 0 Å². The van der Waals surface area contributed by atoms with Crippen LogP contribution < -0.4 is 0 Å². The maximum atomic E-state index is 12.3. The maximum Gasteiger partial charge on any atom is 0.326 e. The number of hydrogen-bond acceptors (Lipinski definition) is 4. The van der Waals surface area contributed by atoms with Gasteiger partial charge in [0, 0.05) is 0 Å². The molecule has 1 aliphatic carbocycles. The van der Waals surface area contributed by atoms with Crippen LogP contribution in [0.15, 0.2) is 30.4 Å². The van der Waals surface area contributed by atoms with E-state index in [1.807, 2.05) is 44.2 Å². The summed E-state index contributed by atoms with van der Waals surface area (Å²) in [6, 6.07) is 5.95. The van der Waals surface area contributed by atoms with Crippen LogP contribution in [0.1, 0.15) is 29.5 Å². The minimum absolute atomic E-state index is 0.145. The molecule has 0 bridgehead atoms. The number of carbonyl (C=O) groups excluding carboxylic acids is 3. The van der Waals surface area contributed by atoms with Gasteiger partial charge in [-0.2, -0.15) is 0 Å². The Labute approximate surface area is 141 Å². The first kappa shape index (κ1) is 16.4. The average molecular weight is 327 g/mol. The first-order chi connectivity index (χ1) is 11.5. The maximum absolute atomic E-state index is 12.3. The Morgan fingerprint density at radius 1 is 1.04 bits per heavy atom. The van der Waals surface area contributed by atoms with Crippen LogP contribution in [-0.4, -0.2) is 29.2 Å². The third-order valence-electron chi connectivity index (χ3n) is 4.57. The first-order valence-electron chi connectivity index (χ1n) is 8.18. The normalized spacial score (nSPS) is 22.7. The first-order valence-corrected chi connectivity index (χ1v) is 8.18. The molecule has 1 saturated heterocycles. The Hall–Kier alpha value is -2.43. The van der Waals surface area contributed by atoms with Crippen molar-refractivity contribution >= 4 is 17.8 Å². The predicted octanol–water partition coefficient (Wildman–Crippen LogP) is 2.30. The van der Waals surface area contributed by atoms with Crippen molar-refractivity contribution < 1.29 is 19.1 Å². The van der Waals surface area contributed by atoms with Crippen molar-refractivity contribution in [3.63, 3.8) is 0 Å². The fraction of sp³-hybridized carbons (Fsp3) is 0.421. The lowest BCUT2D eigenvalue weighted by molar-refractivity contribution is -0.153. The highest BCUT2D eigenvalue weighted by molar-refractivity contribution is 6.07. The SMILES string of the molecule is Cc1cc(C)cc(COC(=O)CN2C(=O)C3CC=CCC3C2=O)c1. The standard InChI is InChI=1S/C19H21NO4/c1-12-7-13(2)9-14(8-12)11-24-17(21)10-20-18(22)15-5-3-4-6-16(15)19(20)23/h3-4,7-9,15-16H,5-6,10-11H2,1-2H3. The van der Waals surface area contributed by atoms with Crippen LogP contribution in [0.4, 0.5) is 0 Å². The summed E-state index contributed by atoms with van der Waals surface area (Å²) >= 11 is 0. The summed E-state index contributed by atoms with van der Waals surface area (Å²) in [6.45, 7) is 3.81. The van der Waals surface area contributed by atoms with Crippen molar-refractivity contribution in [3.05, 3.63) is 47.0 Å². The Balaban J connectivity index is 1.59. The number of ether oxygens (including phenoxy) is 1. The highest BCUT2D eigenvalue weighted by Crippen LogP contribution is 2.34. The molecule has 24 heavy (non-hydrogen) atoms. The van der Waals surface area contributed by atoms with Gasteiger partial charge in [0.2, 0.25) is 11.8 Å². The number of fused-ring (bicyclic) bond motifs is 1. The minimum atomic E-state index is -0.553. The molecule has 2 aliphatic rings. The molecule has 1 heterocycles. The quantitative estimate of drug-likeness (QED) is 0.483. The highest BCUT2D eigenvalue weighted by atomic mass is 16.5. The summed E-state index contributed by atoms with van der Waals surface area (Å²) in [5, 5.41) is 0. The molecule has 2 atom stereocenters. The fourth-order valence-corrected chi connectivity index (χ4v) is 3.52. The molecule has 126 valence electrons. The molecule has 0 spiro atoms. The van der Waals surface area contributed by atoms with Gasteiger partial charge < -0.3 is 4.74 Å². The molecule has 1 aromatic rings. The molecule has 2 unspecified atom stereocenters. The lowest BCUT2D eigenvalue weighted by atomic mass is 9.85. The van der Waals surface area contributed by atoms with E-state index in [0.717, 1.165) is 21.6 Å². The molecular weight excluding hydrogens is 306 g/mol. The van der Waals surface area contributed by atoms with Gasteiger partial charge in [0.15, 0.2) is 0 Å². The molecule has 0 radical (unpaired) electrons. The van der Waals surface area contributed by atoms with E-state index in [-0.39, 0.29) is 36.8 Å². The van der Waals surface area contributed by atoms with Crippen LogP contribution in [-0.2, 0) is 25.7 Å². The number of carbonyl (C=O) groups is 3. The number of imide groups is 1. The van der Waals surface area contributed by atoms with Gasteiger partial charge in [-0.1, -0.05) is 41.5 Å². The third kappa shape index (κ3) is 3.25. The lowest BCUT2D eigenvalue weighted by Gasteiger charge is -2.14. The number of benzene rings is 1. The number of aryl methyl sites for hydroxylation is 2. The number of hydrogen-bond donors (Lipinski definition) is 0. The van der Waals surface area contributed by atoms with E-state index in [4.69, 9.17) is 4.74 Å². The zero-order valence-corrected chi connectivity index (χ0v) is 14.0. The van der Waals surface area contributed by atoms with E-state index in [0.29, 0.717) is 12.8 Å². The number of amides is 2. The van der Waals surface area contributed by atoms with E-state index in [9.17, 15) is 14.4 Å². The van der Waals surface area contributed by atoms with Gasteiger partial charge in [-0.05, 0) is 32.3 Å². The van der Waals surface area contributed by atoms with Crippen LogP contribution >= 0.6 is 0 Å². The predicted molar refractivity (Wildman–Crippen MR) is 87.8 cm³/mol. The molecule has 1 fully saturated rings. The molecular formula is C19H21NO4. The second kappa shape index (κ2) is 6.59.